The van der Waals surface area contributed by atoms with Gasteiger partial charge >= 0.3 is 0 Å². The van der Waals surface area contributed by atoms with Gasteiger partial charge in [-0.3, -0.25) is 0 Å². The van der Waals surface area contributed by atoms with Gasteiger partial charge in [-0.05, 0) is 32.6 Å². The smallest absolute Gasteiger partial charge is 0.122 e. The van der Waals surface area contributed by atoms with Crippen LogP contribution in [0.5, 0.6) is 5.75 Å². The highest BCUT2D eigenvalue weighted by Crippen LogP contribution is 2.16. The number of likely N-dealkylation sites (N-methyl/N-ethyl adjacent to an activating group) is 1. The highest BCUT2D eigenvalue weighted by molar-refractivity contribution is 5.31. The molecule has 0 fully saturated rings. The lowest BCUT2D eigenvalue weighted by Crippen LogP contribution is -2.39. The molecule has 0 aliphatic rings. The molecule has 1 unspecified atom stereocenters. The molecule has 84 valence electrons. The lowest BCUT2D eigenvalue weighted by molar-refractivity contribution is 0.189. The summed E-state index contributed by atoms with van der Waals surface area (Å²) in [5, 5.41) is 0. The molecule has 2 N–H and O–H groups in total. The molecule has 1 rings (SSSR count). The maximum atomic E-state index is 5.73. The zero-order valence-corrected chi connectivity index (χ0v) is 9.73. The summed E-state index contributed by atoms with van der Waals surface area (Å²) in [6.45, 7) is 3.29. The van der Waals surface area contributed by atoms with E-state index in [1.165, 1.54) is 0 Å². The third-order valence-electron chi connectivity index (χ3n) is 2.53. The Morgan fingerprint density at radius 2 is 2.00 bits per heavy atom. The van der Waals surface area contributed by atoms with Gasteiger partial charge in [0.25, 0.3) is 0 Å². The SMILES string of the molecule is Cc1ccccc1OCC(CN)N(C)C. The molecule has 1 aromatic carbocycles. The largest absolute Gasteiger partial charge is 0.492 e. The van der Waals surface area contributed by atoms with Gasteiger partial charge in [-0.2, -0.15) is 0 Å². The molecule has 0 heterocycles. The molecule has 0 spiro atoms. The first-order valence-corrected chi connectivity index (χ1v) is 5.20. The van der Waals surface area contributed by atoms with Crippen LogP contribution in [0.2, 0.25) is 0 Å². The van der Waals surface area contributed by atoms with E-state index in [0.29, 0.717) is 13.2 Å². The number of benzene rings is 1. The van der Waals surface area contributed by atoms with Crippen molar-refractivity contribution < 1.29 is 4.74 Å². The summed E-state index contributed by atoms with van der Waals surface area (Å²) < 4.78 is 5.73. The van der Waals surface area contributed by atoms with Crippen molar-refractivity contribution in [3.63, 3.8) is 0 Å². The van der Waals surface area contributed by atoms with E-state index in [-0.39, 0.29) is 6.04 Å². The Labute approximate surface area is 91.8 Å². The monoisotopic (exact) mass is 208 g/mol. The highest BCUT2D eigenvalue weighted by Gasteiger charge is 2.10. The summed E-state index contributed by atoms with van der Waals surface area (Å²) in [6, 6.07) is 8.29. The number of rotatable bonds is 5. The van der Waals surface area contributed by atoms with Gasteiger partial charge in [-0.1, -0.05) is 18.2 Å². The van der Waals surface area contributed by atoms with Gasteiger partial charge in [0.05, 0.1) is 6.04 Å². The summed E-state index contributed by atoms with van der Waals surface area (Å²) in [7, 11) is 4.03. The molecule has 0 aromatic heterocycles. The van der Waals surface area contributed by atoms with Gasteiger partial charge in [0.15, 0.2) is 0 Å². The van der Waals surface area contributed by atoms with Crippen LogP contribution in [0, 0.1) is 6.92 Å². The molecule has 0 aliphatic heterocycles. The number of nitrogens with zero attached hydrogens (tertiary/aromatic N) is 1. The third kappa shape index (κ3) is 3.53. The average Bonchev–Trinajstić information content (AvgIpc) is 2.21. The van der Waals surface area contributed by atoms with Gasteiger partial charge in [0, 0.05) is 6.54 Å². The molecule has 0 saturated carbocycles. The third-order valence-corrected chi connectivity index (χ3v) is 2.53. The minimum Gasteiger partial charge on any atom is -0.492 e. The van der Waals surface area contributed by atoms with Crippen LogP contribution in [0.3, 0.4) is 0 Å². The fourth-order valence-electron chi connectivity index (χ4n) is 1.33. The van der Waals surface area contributed by atoms with Crippen LogP contribution in [-0.4, -0.2) is 38.2 Å². The van der Waals surface area contributed by atoms with E-state index in [2.05, 4.69) is 4.90 Å². The Hall–Kier alpha value is -1.06. The van der Waals surface area contributed by atoms with Crippen LogP contribution in [0.4, 0.5) is 0 Å². The number of aryl methyl sites for hydroxylation is 1. The second-order valence-corrected chi connectivity index (χ2v) is 3.93. The van der Waals surface area contributed by atoms with Crippen LogP contribution in [-0.2, 0) is 0 Å². The van der Waals surface area contributed by atoms with E-state index in [9.17, 15) is 0 Å². The van der Waals surface area contributed by atoms with E-state index in [4.69, 9.17) is 10.5 Å². The van der Waals surface area contributed by atoms with Crippen LogP contribution in [0.1, 0.15) is 5.56 Å². The summed E-state index contributed by atoms with van der Waals surface area (Å²) >= 11 is 0. The molecule has 3 nitrogen and oxygen atoms in total. The Bertz CT molecular complexity index is 299. The normalized spacial score (nSPS) is 12.9. The maximum Gasteiger partial charge on any atom is 0.122 e. The maximum absolute atomic E-state index is 5.73. The summed E-state index contributed by atoms with van der Waals surface area (Å²) in [4.78, 5) is 2.08. The number of ether oxygens (including phenoxy) is 1. The fourth-order valence-corrected chi connectivity index (χ4v) is 1.33. The van der Waals surface area contributed by atoms with E-state index in [1.54, 1.807) is 0 Å². The summed E-state index contributed by atoms with van der Waals surface area (Å²) in [5.74, 6) is 0.942. The summed E-state index contributed by atoms with van der Waals surface area (Å²) in [6.07, 6.45) is 0. The molecular weight excluding hydrogens is 188 g/mol. The highest BCUT2D eigenvalue weighted by atomic mass is 16.5. The van der Waals surface area contributed by atoms with Crippen LogP contribution >= 0.6 is 0 Å². The molecule has 3 heteroatoms. The van der Waals surface area contributed by atoms with Crippen molar-refractivity contribution in [1.29, 1.82) is 0 Å². The lowest BCUT2D eigenvalue weighted by Gasteiger charge is -2.23. The van der Waals surface area contributed by atoms with Crippen LogP contribution in [0.15, 0.2) is 24.3 Å². The predicted octanol–water partition coefficient (Wildman–Crippen LogP) is 1.26. The average molecular weight is 208 g/mol. The van der Waals surface area contributed by atoms with E-state index in [0.717, 1.165) is 11.3 Å². The minimum atomic E-state index is 0.268. The zero-order chi connectivity index (χ0) is 11.3. The lowest BCUT2D eigenvalue weighted by atomic mass is 10.2. The molecule has 0 bridgehead atoms. The number of nitrogens with two attached hydrogens (primary N) is 1. The minimum absolute atomic E-state index is 0.268. The first-order valence-electron chi connectivity index (χ1n) is 5.20. The van der Waals surface area contributed by atoms with Crippen molar-refractivity contribution >= 4 is 0 Å². The predicted molar refractivity (Wildman–Crippen MR) is 63.2 cm³/mol. The molecular formula is C12H20N2O. The Kier molecular flexibility index (Phi) is 4.59. The standard InChI is InChI=1S/C12H20N2O/c1-10-6-4-5-7-12(10)15-9-11(8-13)14(2)3/h4-7,11H,8-9,13H2,1-3H3. The van der Waals surface area contributed by atoms with Gasteiger partial charge in [-0.15, -0.1) is 0 Å². The Morgan fingerprint density at radius 1 is 1.33 bits per heavy atom. The van der Waals surface area contributed by atoms with E-state index >= 15 is 0 Å². The van der Waals surface area contributed by atoms with Crippen molar-refractivity contribution in [3.05, 3.63) is 29.8 Å². The summed E-state index contributed by atoms with van der Waals surface area (Å²) in [5.41, 5.74) is 6.81. The molecule has 1 atom stereocenters. The van der Waals surface area contributed by atoms with Crippen molar-refractivity contribution in [2.75, 3.05) is 27.2 Å². The number of para-hydroxylation sites is 1. The topological polar surface area (TPSA) is 38.5 Å². The van der Waals surface area contributed by atoms with Crippen molar-refractivity contribution in [1.82, 2.24) is 4.90 Å². The Balaban J connectivity index is 2.53. The molecule has 15 heavy (non-hydrogen) atoms. The molecule has 0 radical (unpaired) electrons. The molecule has 1 aromatic rings. The first kappa shape index (κ1) is 12.0. The molecule has 0 amide bonds. The number of hydrogen-bond acceptors (Lipinski definition) is 3. The van der Waals surface area contributed by atoms with Crippen LogP contribution in [0.25, 0.3) is 0 Å². The second-order valence-electron chi connectivity index (χ2n) is 3.93. The van der Waals surface area contributed by atoms with Crippen molar-refractivity contribution in [2.45, 2.75) is 13.0 Å². The number of hydrogen-bond donors (Lipinski definition) is 1. The van der Waals surface area contributed by atoms with E-state index in [1.807, 2.05) is 45.3 Å². The van der Waals surface area contributed by atoms with Gasteiger partial charge < -0.3 is 15.4 Å². The molecule has 0 saturated heterocycles. The van der Waals surface area contributed by atoms with Gasteiger partial charge in [-0.25, -0.2) is 0 Å². The van der Waals surface area contributed by atoms with Crippen molar-refractivity contribution in [2.24, 2.45) is 5.73 Å². The Morgan fingerprint density at radius 3 is 2.53 bits per heavy atom. The molecule has 0 aliphatic carbocycles. The van der Waals surface area contributed by atoms with E-state index < -0.39 is 0 Å². The van der Waals surface area contributed by atoms with Crippen molar-refractivity contribution in [3.8, 4) is 5.75 Å². The van der Waals surface area contributed by atoms with Crippen LogP contribution < -0.4 is 10.5 Å². The fraction of sp³-hybridized carbons (Fsp3) is 0.500. The van der Waals surface area contributed by atoms with Gasteiger partial charge in [0.2, 0.25) is 0 Å². The van der Waals surface area contributed by atoms with Gasteiger partial charge in [0.1, 0.15) is 12.4 Å². The quantitative estimate of drug-likeness (QED) is 0.791. The second kappa shape index (κ2) is 5.73. The first-order chi connectivity index (χ1) is 7.15. The zero-order valence-electron chi connectivity index (χ0n) is 9.73.